The summed E-state index contributed by atoms with van der Waals surface area (Å²) in [5, 5.41) is 15.1. The Morgan fingerprint density at radius 3 is 2.72 bits per heavy atom. The second kappa shape index (κ2) is 9.35. The fourth-order valence-corrected chi connectivity index (χ4v) is 4.24. The molecular weight excluding hydrogens is 366 g/mol. The van der Waals surface area contributed by atoms with Gasteiger partial charge in [-0.1, -0.05) is 13.8 Å². The Hall–Kier alpha value is -2.48. The molecular formula is C21H31N7O. The number of nitrogens with one attached hydrogen (secondary N) is 2. The summed E-state index contributed by atoms with van der Waals surface area (Å²) in [6, 6.07) is 6.65. The second-order valence-electron chi connectivity index (χ2n) is 8.25. The Kier molecular flexibility index (Phi) is 6.39. The van der Waals surface area contributed by atoms with Crippen LogP contribution in [0.1, 0.15) is 39.5 Å². The summed E-state index contributed by atoms with van der Waals surface area (Å²) in [7, 11) is 0. The summed E-state index contributed by atoms with van der Waals surface area (Å²) >= 11 is 0. The van der Waals surface area contributed by atoms with Crippen molar-refractivity contribution in [1.29, 1.82) is 0 Å². The van der Waals surface area contributed by atoms with Gasteiger partial charge < -0.3 is 20.3 Å². The molecule has 8 heteroatoms. The monoisotopic (exact) mass is 397 g/mol. The number of hydrogen-bond donors (Lipinski definition) is 2. The zero-order valence-electron chi connectivity index (χ0n) is 17.3. The SMILES string of the molecule is CC(C)[C@H]1OCCC[C@@H]1Nc1cc(N2CCC(Nc3cccnn3)CC2)ncn1. The van der Waals surface area contributed by atoms with Crippen molar-refractivity contribution in [2.45, 2.75) is 57.7 Å². The van der Waals surface area contributed by atoms with E-state index in [0.717, 1.165) is 62.8 Å². The molecule has 8 nitrogen and oxygen atoms in total. The molecule has 2 saturated heterocycles. The van der Waals surface area contributed by atoms with E-state index in [1.54, 1.807) is 12.5 Å². The molecule has 2 aliphatic rings. The Morgan fingerprint density at radius 2 is 1.97 bits per heavy atom. The summed E-state index contributed by atoms with van der Waals surface area (Å²) in [5.74, 6) is 3.19. The minimum Gasteiger partial charge on any atom is -0.376 e. The number of ether oxygens (including phenoxy) is 1. The first-order valence-corrected chi connectivity index (χ1v) is 10.7. The highest BCUT2D eigenvalue weighted by atomic mass is 16.5. The molecule has 0 spiro atoms. The number of rotatable bonds is 6. The number of nitrogens with zero attached hydrogens (tertiary/aromatic N) is 5. The lowest BCUT2D eigenvalue weighted by Crippen LogP contribution is -2.43. The number of anilines is 3. The Morgan fingerprint density at radius 1 is 1.10 bits per heavy atom. The van der Waals surface area contributed by atoms with E-state index >= 15 is 0 Å². The maximum atomic E-state index is 6.00. The van der Waals surface area contributed by atoms with E-state index < -0.39 is 0 Å². The Bertz CT molecular complexity index is 765. The molecule has 0 amide bonds. The van der Waals surface area contributed by atoms with E-state index in [1.165, 1.54) is 0 Å². The minimum absolute atomic E-state index is 0.227. The highest BCUT2D eigenvalue weighted by Gasteiger charge is 2.29. The van der Waals surface area contributed by atoms with Crippen LogP contribution < -0.4 is 15.5 Å². The standard InChI is InChI=1S/C21H31N7O/c1-15(2)21-17(5-4-12-29-21)26-19-13-20(23-14-22-19)28-10-7-16(8-11-28)25-18-6-3-9-24-27-18/h3,6,9,13-17,21H,4-5,7-8,10-12H2,1-2H3,(H,25,27)(H,22,23,26)/t17-,21+/m0/s1. The lowest BCUT2D eigenvalue weighted by atomic mass is 9.93. The van der Waals surface area contributed by atoms with Gasteiger partial charge in [-0.25, -0.2) is 9.97 Å². The topological polar surface area (TPSA) is 88.1 Å². The van der Waals surface area contributed by atoms with Crippen LogP contribution in [0.2, 0.25) is 0 Å². The maximum absolute atomic E-state index is 6.00. The number of aromatic nitrogens is 4. The zero-order valence-corrected chi connectivity index (χ0v) is 17.3. The van der Waals surface area contributed by atoms with Gasteiger partial charge in [-0.05, 0) is 43.7 Å². The molecule has 0 unspecified atom stereocenters. The fourth-order valence-electron chi connectivity index (χ4n) is 4.24. The third-order valence-electron chi connectivity index (χ3n) is 5.75. The van der Waals surface area contributed by atoms with Crippen LogP contribution >= 0.6 is 0 Å². The van der Waals surface area contributed by atoms with E-state index in [0.29, 0.717) is 18.0 Å². The molecule has 2 aromatic rings. The molecule has 2 fully saturated rings. The molecule has 2 N–H and O–H groups in total. The van der Waals surface area contributed by atoms with Crippen LogP contribution in [0.15, 0.2) is 30.7 Å². The molecule has 4 heterocycles. The summed E-state index contributed by atoms with van der Waals surface area (Å²) < 4.78 is 6.00. The molecule has 29 heavy (non-hydrogen) atoms. The van der Waals surface area contributed by atoms with Crippen LogP contribution in [0.5, 0.6) is 0 Å². The van der Waals surface area contributed by atoms with E-state index in [2.05, 4.69) is 55.6 Å². The number of piperidine rings is 1. The fraction of sp³-hybridized carbons (Fsp3) is 0.619. The largest absolute Gasteiger partial charge is 0.376 e. The first-order chi connectivity index (χ1) is 14.2. The number of hydrogen-bond acceptors (Lipinski definition) is 8. The van der Waals surface area contributed by atoms with Gasteiger partial charge in [-0.2, -0.15) is 5.10 Å². The van der Waals surface area contributed by atoms with Crippen LogP contribution in [0, 0.1) is 5.92 Å². The average molecular weight is 398 g/mol. The van der Waals surface area contributed by atoms with Gasteiger partial charge in [0.25, 0.3) is 0 Å². The van der Waals surface area contributed by atoms with Crippen LogP contribution in [0.4, 0.5) is 17.5 Å². The van der Waals surface area contributed by atoms with Gasteiger partial charge >= 0.3 is 0 Å². The van der Waals surface area contributed by atoms with Gasteiger partial charge in [0, 0.05) is 38.0 Å². The van der Waals surface area contributed by atoms with Crippen molar-refractivity contribution in [3.05, 3.63) is 30.7 Å². The molecule has 0 bridgehead atoms. The van der Waals surface area contributed by atoms with Gasteiger partial charge in [0.05, 0.1) is 12.1 Å². The third kappa shape index (κ3) is 5.12. The van der Waals surface area contributed by atoms with Crippen molar-refractivity contribution >= 4 is 17.5 Å². The maximum Gasteiger partial charge on any atom is 0.148 e. The molecule has 2 aliphatic heterocycles. The summed E-state index contributed by atoms with van der Waals surface area (Å²) in [6.45, 7) is 7.20. The Balaban J connectivity index is 1.34. The van der Waals surface area contributed by atoms with E-state index in [-0.39, 0.29) is 6.10 Å². The molecule has 156 valence electrons. The van der Waals surface area contributed by atoms with E-state index in [1.807, 2.05) is 12.1 Å². The predicted molar refractivity (Wildman–Crippen MR) is 114 cm³/mol. The van der Waals surface area contributed by atoms with Crippen molar-refractivity contribution < 1.29 is 4.74 Å². The summed E-state index contributed by atoms with van der Waals surface area (Å²) in [5.41, 5.74) is 0. The molecule has 0 saturated carbocycles. The molecule has 0 aromatic carbocycles. The van der Waals surface area contributed by atoms with Gasteiger partial charge in [0.2, 0.25) is 0 Å². The van der Waals surface area contributed by atoms with Crippen LogP contribution in [0.3, 0.4) is 0 Å². The van der Waals surface area contributed by atoms with Gasteiger partial charge in [-0.15, -0.1) is 5.10 Å². The summed E-state index contributed by atoms with van der Waals surface area (Å²) in [6.07, 6.45) is 7.86. The summed E-state index contributed by atoms with van der Waals surface area (Å²) in [4.78, 5) is 11.3. The van der Waals surface area contributed by atoms with Gasteiger partial charge in [0.15, 0.2) is 0 Å². The smallest absolute Gasteiger partial charge is 0.148 e. The highest BCUT2D eigenvalue weighted by Crippen LogP contribution is 2.25. The minimum atomic E-state index is 0.227. The van der Waals surface area contributed by atoms with Crippen molar-refractivity contribution in [3.63, 3.8) is 0 Å². The van der Waals surface area contributed by atoms with Crippen LogP contribution in [-0.4, -0.2) is 58.0 Å². The molecule has 2 aromatic heterocycles. The zero-order chi connectivity index (χ0) is 20.1. The average Bonchev–Trinajstić information content (AvgIpc) is 2.75. The Labute approximate surface area is 172 Å². The van der Waals surface area contributed by atoms with Crippen molar-refractivity contribution in [1.82, 2.24) is 20.2 Å². The third-order valence-corrected chi connectivity index (χ3v) is 5.75. The molecule has 0 radical (unpaired) electrons. The molecule has 2 atom stereocenters. The lowest BCUT2D eigenvalue weighted by Gasteiger charge is -2.35. The lowest BCUT2D eigenvalue weighted by molar-refractivity contribution is -0.0203. The van der Waals surface area contributed by atoms with Gasteiger partial charge in [-0.3, -0.25) is 0 Å². The van der Waals surface area contributed by atoms with Gasteiger partial charge in [0.1, 0.15) is 23.8 Å². The van der Waals surface area contributed by atoms with E-state index in [4.69, 9.17) is 4.74 Å². The second-order valence-corrected chi connectivity index (χ2v) is 8.25. The molecule has 4 rings (SSSR count). The normalized spacial score (nSPS) is 23.2. The van der Waals surface area contributed by atoms with Crippen molar-refractivity contribution in [2.75, 3.05) is 35.2 Å². The van der Waals surface area contributed by atoms with Crippen LogP contribution in [0.25, 0.3) is 0 Å². The quantitative estimate of drug-likeness (QED) is 0.769. The van der Waals surface area contributed by atoms with E-state index in [9.17, 15) is 0 Å². The predicted octanol–water partition coefficient (Wildman–Crippen LogP) is 2.96. The molecule has 0 aliphatic carbocycles. The highest BCUT2D eigenvalue weighted by molar-refractivity contribution is 5.49. The van der Waals surface area contributed by atoms with Crippen LogP contribution in [-0.2, 0) is 4.74 Å². The first kappa shape index (κ1) is 19.8. The van der Waals surface area contributed by atoms with Crippen molar-refractivity contribution in [3.8, 4) is 0 Å². The van der Waals surface area contributed by atoms with Crippen molar-refractivity contribution in [2.24, 2.45) is 5.92 Å². The first-order valence-electron chi connectivity index (χ1n) is 10.7.